The van der Waals surface area contributed by atoms with Crippen LogP contribution in [0, 0.1) is 24.0 Å². The Bertz CT molecular complexity index is 865. The molecule has 0 spiro atoms. The maximum absolute atomic E-state index is 12.1. The van der Waals surface area contributed by atoms with Crippen LogP contribution in [0.3, 0.4) is 0 Å². The molecule has 1 aromatic heterocycles. The number of nitro groups is 1. The summed E-state index contributed by atoms with van der Waals surface area (Å²) in [7, 11) is -4.07. The normalized spacial score (nSPS) is 11.7. The lowest BCUT2D eigenvalue weighted by molar-refractivity contribution is -0.458. The maximum Gasteiger partial charge on any atom is 0.305 e. The summed E-state index contributed by atoms with van der Waals surface area (Å²) in [6.45, 7) is 3.20. The van der Waals surface area contributed by atoms with Crippen LogP contribution in [0.25, 0.3) is 11.0 Å². The summed E-state index contributed by atoms with van der Waals surface area (Å²) in [4.78, 5) is 21.2. The average molecular weight is 297 g/mol. The molecule has 0 N–H and O–H groups in total. The quantitative estimate of drug-likeness (QED) is 0.626. The van der Waals surface area contributed by atoms with Crippen LogP contribution >= 0.6 is 0 Å². The predicted octanol–water partition coefficient (Wildman–Crippen LogP) is 1.42. The first-order chi connectivity index (χ1) is 9.22. The molecule has 1 heterocycles. The standard InChI is InChI=1S/C12H11NO6S/c1-7-8(2)19-11-4-3-9(5-10(11)12(7)14)20(17,18)6-13(15)16/h3-5H,6H2,1-2H3. The minimum Gasteiger partial charge on any atom is -0.461 e. The predicted molar refractivity (Wildman–Crippen MR) is 71.0 cm³/mol. The highest BCUT2D eigenvalue weighted by molar-refractivity contribution is 7.91. The van der Waals surface area contributed by atoms with Crippen molar-refractivity contribution in [1.29, 1.82) is 0 Å². The number of aryl methyl sites for hydroxylation is 1. The fraction of sp³-hybridized carbons (Fsp3) is 0.250. The summed E-state index contributed by atoms with van der Waals surface area (Å²) in [5.74, 6) is -0.766. The number of rotatable bonds is 3. The first-order valence-corrected chi connectivity index (χ1v) is 7.26. The van der Waals surface area contributed by atoms with Crippen LogP contribution in [-0.4, -0.2) is 19.2 Å². The van der Waals surface area contributed by atoms with E-state index in [-0.39, 0.29) is 21.3 Å². The molecule has 0 bridgehead atoms. The molecule has 8 heteroatoms. The third-order valence-electron chi connectivity index (χ3n) is 2.96. The molecule has 0 atom stereocenters. The summed E-state index contributed by atoms with van der Waals surface area (Å²) >= 11 is 0. The first kappa shape index (κ1) is 14.2. The number of hydrogen-bond acceptors (Lipinski definition) is 6. The van der Waals surface area contributed by atoms with Crippen molar-refractivity contribution in [1.82, 2.24) is 0 Å². The van der Waals surface area contributed by atoms with Crippen molar-refractivity contribution < 1.29 is 17.8 Å². The molecule has 0 amide bonds. The Morgan fingerprint density at radius 3 is 2.55 bits per heavy atom. The lowest BCUT2D eigenvalue weighted by Crippen LogP contribution is -2.15. The zero-order valence-corrected chi connectivity index (χ0v) is 11.6. The van der Waals surface area contributed by atoms with Crippen LogP contribution in [0.4, 0.5) is 0 Å². The molecule has 0 aliphatic carbocycles. The second-order valence-corrected chi connectivity index (χ2v) is 6.31. The van der Waals surface area contributed by atoms with Crippen LogP contribution in [0.5, 0.6) is 0 Å². The van der Waals surface area contributed by atoms with Gasteiger partial charge in [-0.2, -0.15) is 0 Å². The van der Waals surface area contributed by atoms with E-state index in [2.05, 4.69) is 0 Å². The molecule has 2 rings (SSSR count). The lowest BCUT2D eigenvalue weighted by Gasteiger charge is -2.04. The van der Waals surface area contributed by atoms with Gasteiger partial charge in [0.2, 0.25) is 9.84 Å². The third kappa shape index (κ3) is 2.42. The molecule has 0 fully saturated rings. The Labute approximate surface area is 113 Å². The van der Waals surface area contributed by atoms with Gasteiger partial charge in [-0.25, -0.2) is 8.42 Å². The van der Waals surface area contributed by atoms with E-state index < -0.39 is 20.6 Å². The highest BCUT2D eigenvalue weighted by Crippen LogP contribution is 2.20. The maximum atomic E-state index is 12.1. The van der Waals surface area contributed by atoms with Gasteiger partial charge in [0.05, 0.1) is 10.3 Å². The topological polar surface area (TPSA) is 107 Å². The molecule has 0 radical (unpaired) electrons. The van der Waals surface area contributed by atoms with Gasteiger partial charge >= 0.3 is 5.88 Å². The second-order valence-electron chi connectivity index (χ2n) is 4.35. The Morgan fingerprint density at radius 2 is 1.95 bits per heavy atom. The zero-order valence-electron chi connectivity index (χ0n) is 10.7. The van der Waals surface area contributed by atoms with Gasteiger partial charge in [-0.3, -0.25) is 14.9 Å². The van der Waals surface area contributed by atoms with Gasteiger partial charge < -0.3 is 4.42 Å². The van der Waals surface area contributed by atoms with E-state index in [4.69, 9.17) is 4.42 Å². The van der Waals surface area contributed by atoms with Gasteiger partial charge in [-0.15, -0.1) is 0 Å². The number of benzene rings is 1. The van der Waals surface area contributed by atoms with E-state index in [9.17, 15) is 23.3 Å². The molecule has 20 heavy (non-hydrogen) atoms. The molecule has 2 aromatic rings. The van der Waals surface area contributed by atoms with Crippen LogP contribution < -0.4 is 5.43 Å². The molecule has 0 aliphatic rings. The van der Waals surface area contributed by atoms with Crippen LogP contribution in [0.1, 0.15) is 11.3 Å². The molecule has 1 aromatic carbocycles. The number of fused-ring (bicyclic) bond motifs is 1. The minimum atomic E-state index is -4.07. The van der Waals surface area contributed by atoms with Gasteiger partial charge in [0.15, 0.2) is 5.43 Å². The summed E-state index contributed by atoms with van der Waals surface area (Å²) < 4.78 is 28.9. The van der Waals surface area contributed by atoms with Crippen LogP contribution in [0.15, 0.2) is 32.3 Å². The van der Waals surface area contributed by atoms with E-state index >= 15 is 0 Å². The van der Waals surface area contributed by atoms with Gasteiger partial charge in [0, 0.05) is 10.5 Å². The van der Waals surface area contributed by atoms with Gasteiger partial charge in [-0.1, -0.05) is 0 Å². The van der Waals surface area contributed by atoms with E-state index in [0.29, 0.717) is 11.3 Å². The molecule has 106 valence electrons. The monoisotopic (exact) mass is 297 g/mol. The number of hydrogen-bond donors (Lipinski definition) is 0. The van der Waals surface area contributed by atoms with Crippen LogP contribution in [-0.2, 0) is 9.84 Å². The average Bonchev–Trinajstić information content (AvgIpc) is 2.34. The molecular weight excluding hydrogens is 286 g/mol. The molecule has 0 saturated heterocycles. The molecular formula is C12H11NO6S. The molecule has 7 nitrogen and oxygen atoms in total. The Kier molecular flexibility index (Phi) is 3.34. The van der Waals surface area contributed by atoms with Crippen molar-refractivity contribution in [3.05, 3.63) is 49.9 Å². The summed E-state index contributed by atoms with van der Waals surface area (Å²) in [5, 5.41) is 10.5. The fourth-order valence-corrected chi connectivity index (χ4v) is 2.79. The Balaban J connectivity index is 2.72. The largest absolute Gasteiger partial charge is 0.461 e. The third-order valence-corrected chi connectivity index (χ3v) is 4.48. The Morgan fingerprint density at radius 1 is 1.30 bits per heavy atom. The van der Waals surface area contributed by atoms with Gasteiger partial charge in [0.25, 0.3) is 0 Å². The lowest BCUT2D eigenvalue weighted by atomic mass is 10.1. The first-order valence-electron chi connectivity index (χ1n) is 5.61. The minimum absolute atomic E-state index is 0.0949. The number of sulfone groups is 1. The highest BCUT2D eigenvalue weighted by atomic mass is 32.2. The second kappa shape index (κ2) is 4.71. The van der Waals surface area contributed by atoms with Crippen molar-refractivity contribution in [3.63, 3.8) is 0 Å². The van der Waals surface area contributed by atoms with E-state index in [1.165, 1.54) is 12.1 Å². The van der Waals surface area contributed by atoms with Gasteiger partial charge in [-0.05, 0) is 32.0 Å². The van der Waals surface area contributed by atoms with E-state index in [1.807, 2.05) is 0 Å². The smallest absolute Gasteiger partial charge is 0.305 e. The van der Waals surface area contributed by atoms with Crippen molar-refractivity contribution >= 4 is 20.8 Å². The SMILES string of the molecule is Cc1oc2ccc(S(=O)(=O)C[N+](=O)[O-])cc2c(=O)c1C. The molecule has 0 aliphatic heterocycles. The fourth-order valence-electron chi connectivity index (χ4n) is 1.79. The van der Waals surface area contributed by atoms with E-state index in [0.717, 1.165) is 6.07 Å². The number of nitrogens with zero attached hydrogens (tertiary/aromatic N) is 1. The van der Waals surface area contributed by atoms with Crippen LogP contribution in [0.2, 0.25) is 0 Å². The van der Waals surface area contributed by atoms with E-state index in [1.54, 1.807) is 13.8 Å². The summed E-state index contributed by atoms with van der Waals surface area (Å²) in [6, 6.07) is 3.64. The van der Waals surface area contributed by atoms with Crippen molar-refractivity contribution in [2.45, 2.75) is 18.7 Å². The Hall–Kier alpha value is -2.22. The summed E-state index contributed by atoms with van der Waals surface area (Å²) in [5.41, 5.74) is 0.279. The summed E-state index contributed by atoms with van der Waals surface area (Å²) in [6.07, 6.45) is 0. The van der Waals surface area contributed by atoms with Crippen molar-refractivity contribution in [2.24, 2.45) is 0 Å². The zero-order chi connectivity index (χ0) is 15.1. The molecule has 0 saturated carbocycles. The van der Waals surface area contributed by atoms with Crippen molar-refractivity contribution in [3.8, 4) is 0 Å². The molecule has 0 unspecified atom stereocenters. The van der Waals surface area contributed by atoms with Crippen molar-refractivity contribution in [2.75, 3.05) is 5.88 Å². The highest BCUT2D eigenvalue weighted by Gasteiger charge is 2.22. The van der Waals surface area contributed by atoms with Gasteiger partial charge in [0.1, 0.15) is 11.3 Å².